The third kappa shape index (κ3) is 22.5. The highest BCUT2D eigenvalue weighted by atomic mass is 35.6. The smallest absolute Gasteiger partial charge is 0.273 e. The van der Waals surface area contributed by atoms with Crippen molar-refractivity contribution in [2.75, 3.05) is 6.54 Å². The summed E-state index contributed by atoms with van der Waals surface area (Å²) in [6.45, 7) is 1.53. The number of nitro groups is 1. The molecule has 0 radical (unpaired) electrons. The maximum Gasteiger partial charge on any atom is 0.353 e. The molecule has 0 aromatic heterocycles. The topological polar surface area (TPSA) is 43.1 Å². The van der Waals surface area contributed by atoms with Crippen molar-refractivity contribution >= 4 is 25.4 Å². The molecule has 7 heavy (non-hydrogen) atoms. The molecule has 0 amide bonds. The lowest BCUT2D eigenvalue weighted by atomic mass is 10.8. The Morgan fingerprint density at radius 1 is 1.86 bits per heavy atom. The van der Waals surface area contributed by atoms with Gasteiger partial charge in [-0.1, -0.05) is 0 Å². The minimum atomic E-state index is -0.375. The Labute approximate surface area is 54.4 Å². The van der Waals surface area contributed by atoms with E-state index in [0.29, 0.717) is 0 Å². The van der Waals surface area contributed by atoms with Gasteiger partial charge in [0.1, 0.15) is 0 Å². The van der Waals surface area contributed by atoms with Crippen LogP contribution in [0.1, 0.15) is 6.92 Å². The fraction of sp³-hybridized carbons (Fsp3) is 1.00. The van der Waals surface area contributed by atoms with E-state index < -0.39 is 0 Å². The van der Waals surface area contributed by atoms with E-state index in [9.17, 15) is 10.1 Å². The number of hydrogen-bond acceptors (Lipinski definition) is 2. The molecule has 0 saturated heterocycles. The van der Waals surface area contributed by atoms with Crippen LogP contribution in [0.5, 0.6) is 0 Å². The Hall–Kier alpha value is 0.222. The van der Waals surface area contributed by atoms with Gasteiger partial charge in [-0.2, -0.15) is 0 Å². The molecular formula is C2H7AlClNO2. The lowest BCUT2D eigenvalue weighted by Crippen LogP contribution is -1.92. The summed E-state index contributed by atoms with van der Waals surface area (Å²) in [6, 6.07) is 0. The van der Waals surface area contributed by atoms with Crippen LogP contribution in [0.3, 0.4) is 0 Å². The van der Waals surface area contributed by atoms with E-state index in [-0.39, 0.29) is 11.5 Å². The van der Waals surface area contributed by atoms with Gasteiger partial charge in [-0.15, -0.1) is 0 Å². The molecule has 0 aromatic rings. The van der Waals surface area contributed by atoms with Crippen LogP contribution in [-0.4, -0.2) is 26.8 Å². The molecule has 0 heterocycles. The van der Waals surface area contributed by atoms with Gasteiger partial charge in [0.15, 0.2) is 0 Å². The summed E-state index contributed by atoms with van der Waals surface area (Å²) < 4.78 is 0. The third-order valence-corrected chi connectivity index (χ3v) is 0.258. The molecule has 0 aliphatic carbocycles. The Morgan fingerprint density at radius 3 is 2.00 bits per heavy atom. The van der Waals surface area contributed by atoms with Gasteiger partial charge in [-0.3, -0.25) is 20.2 Å². The van der Waals surface area contributed by atoms with Crippen molar-refractivity contribution in [2.45, 2.75) is 6.92 Å². The minimum Gasteiger partial charge on any atom is -0.273 e. The summed E-state index contributed by atoms with van der Waals surface area (Å²) in [5.41, 5.74) is 0. The molecule has 3 nitrogen and oxygen atoms in total. The molecule has 0 aromatic carbocycles. The molecule has 0 aliphatic heterocycles. The van der Waals surface area contributed by atoms with Gasteiger partial charge in [0.2, 0.25) is 6.54 Å². The van der Waals surface area contributed by atoms with Crippen molar-refractivity contribution < 1.29 is 4.92 Å². The Kier molecular flexibility index (Phi) is 13.9. The highest BCUT2D eigenvalue weighted by molar-refractivity contribution is 6.80. The second-order valence-corrected chi connectivity index (χ2v) is 0.649. The van der Waals surface area contributed by atoms with Crippen molar-refractivity contribution in [3.8, 4) is 0 Å². The zero-order valence-corrected chi connectivity index (χ0v) is 7.10. The normalized spacial score (nSPS) is 6.00. The molecule has 5 heteroatoms. The lowest BCUT2D eigenvalue weighted by molar-refractivity contribution is -0.475. The van der Waals surface area contributed by atoms with Crippen LogP contribution in [0.25, 0.3) is 0 Å². The largest absolute Gasteiger partial charge is 0.353 e. The quantitative estimate of drug-likeness (QED) is 0.293. The minimum absolute atomic E-state index is 0.0278. The van der Waals surface area contributed by atoms with Gasteiger partial charge < -0.3 is 0 Å². The third-order valence-electron chi connectivity index (χ3n) is 0.258. The van der Waals surface area contributed by atoms with Gasteiger partial charge in [0.05, 0.1) is 0 Å². The summed E-state index contributed by atoms with van der Waals surface area (Å²) in [7, 11) is 4.78. The van der Waals surface area contributed by atoms with E-state index in [0.717, 1.165) is 15.4 Å². The van der Waals surface area contributed by atoms with Crippen LogP contribution in [0.4, 0.5) is 0 Å². The SMILES string of the molecule is CC[N+](=O)[O-].[AlH2][Cl]. The summed E-state index contributed by atoms with van der Waals surface area (Å²) in [5.74, 6) is 0. The highest BCUT2D eigenvalue weighted by Crippen LogP contribution is 1.57. The highest BCUT2D eigenvalue weighted by Gasteiger charge is 1.76. The van der Waals surface area contributed by atoms with Crippen molar-refractivity contribution in [3.63, 3.8) is 0 Å². The van der Waals surface area contributed by atoms with Crippen LogP contribution in [-0.2, 0) is 0 Å². The van der Waals surface area contributed by atoms with E-state index in [1.165, 1.54) is 6.92 Å². The molecule has 0 spiro atoms. The molecule has 0 unspecified atom stereocenters. The molecule has 0 bridgehead atoms. The van der Waals surface area contributed by atoms with E-state index in [1.54, 1.807) is 0 Å². The second kappa shape index (κ2) is 9.52. The van der Waals surface area contributed by atoms with E-state index in [4.69, 9.17) is 10.0 Å². The van der Waals surface area contributed by atoms with Crippen LogP contribution < -0.4 is 0 Å². The zero-order chi connectivity index (χ0) is 6.28. The van der Waals surface area contributed by atoms with Crippen LogP contribution >= 0.6 is 10.0 Å². The van der Waals surface area contributed by atoms with Crippen molar-refractivity contribution in [1.82, 2.24) is 0 Å². The monoisotopic (exact) mass is 139 g/mol. The molecule has 0 atom stereocenters. The maximum atomic E-state index is 9.17. The van der Waals surface area contributed by atoms with Crippen molar-refractivity contribution in [2.24, 2.45) is 0 Å². The van der Waals surface area contributed by atoms with Gasteiger partial charge in [0, 0.05) is 11.8 Å². The lowest BCUT2D eigenvalue weighted by Gasteiger charge is -1.73. The Balaban J connectivity index is 0. The predicted molar refractivity (Wildman–Crippen MR) is 31.9 cm³/mol. The fourth-order valence-electron chi connectivity index (χ4n) is 0. The first-order valence-corrected chi connectivity index (χ1v) is 4.79. The van der Waals surface area contributed by atoms with Gasteiger partial charge in [-0.25, -0.2) is 0 Å². The number of nitrogens with zero attached hydrogens (tertiary/aromatic N) is 1. The van der Waals surface area contributed by atoms with E-state index in [2.05, 4.69) is 0 Å². The molecular weight excluding hydrogens is 132 g/mol. The Morgan fingerprint density at radius 2 is 2.00 bits per heavy atom. The summed E-state index contributed by atoms with van der Waals surface area (Å²) >= 11 is 0.778. The molecule has 0 aliphatic rings. The molecule has 0 saturated carbocycles. The molecule has 42 valence electrons. The summed E-state index contributed by atoms with van der Waals surface area (Å²) in [6.07, 6.45) is 0. The van der Waals surface area contributed by atoms with Gasteiger partial charge in [0.25, 0.3) is 0 Å². The maximum absolute atomic E-state index is 9.17. The molecule has 0 rings (SSSR count). The van der Waals surface area contributed by atoms with Gasteiger partial charge in [-0.05, 0) is 0 Å². The average molecular weight is 140 g/mol. The average Bonchev–Trinajstić information content (AvgIpc) is 1.73. The molecule has 0 fully saturated rings. The van der Waals surface area contributed by atoms with Crippen LogP contribution in [0.2, 0.25) is 0 Å². The van der Waals surface area contributed by atoms with Crippen LogP contribution in [0.15, 0.2) is 0 Å². The first-order chi connectivity index (χ1) is 3.27. The standard InChI is InChI=1S/C2H5NO2.Al.ClH.2H/c1-2-3(4)5;;;;/h2H2,1H3;;1H;;/q;+1;;;/p-1. The first-order valence-electron chi connectivity index (χ1n) is 1.77. The predicted octanol–water partition coefficient (Wildman–Crippen LogP) is 0.0563. The number of rotatable bonds is 1. The number of hydrogen-bond donors (Lipinski definition) is 0. The van der Waals surface area contributed by atoms with Crippen LogP contribution in [0, 0.1) is 10.1 Å². The second-order valence-electron chi connectivity index (χ2n) is 0.649. The van der Waals surface area contributed by atoms with E-state index in [1.807, 2.05) is 0 Å². The number of halogens is 1. The summed E-state index contributed by atoms with van der Waals surface area (Å²) in [4.78, 5) is 8.80. The van der Waals surface area contributed by atoms with E-state index >= 15 is 0 Å². The fourth-order valence-corrected chi connectivity index (χ4v) is 0. The first kappa shape index (κ1) is 10.3. The van der Waals surface area contributed by atoms with Crippen molar-refractivity contribution in [1.29, 1.82) is 0 Å². The Bertz CT molecular complexity index is 51.0. The zero-order valence-electron chi connectivity index (χ0n) is 4.35. The molecule has 0 N–H and O–H groups in total. The summed E-state index contributed by atoms with van der Waals surface area (Å²) in [5, 5.41) is 9.17. The van der Waals surface area contributed by atoms with Crippen molar-refractivity contribution in [3.05, 3.63) is 10.1 Å². The van der Waals surface area contributed by atoms with Gasteiger partial charge >= 0.3 is 15.4 Å².